The first-order chi connectivity index (χ1) is 13.0. The molecule has 0 radical (unpaired) electrons. The molecule has 28 heavy (non-hydrogen) atoms. The van der Waals surface area contributed by atoms with Gasteiger partial charge >= 0.3 is 0 Å². The van der Waals surface area contributed by atoms with Crippen molar-refractivity contribution < 1.29 is 18.6 Å². The average Bonchev–Trinajstić information content (AvgIpc) is 3.13. The summed E-state index contributed by atoms with van der Waals surface area (Å²) in [4.78, 5) is 2.35. The van der Waals surface area contributed by atoms with Crippen molar-refractivity contribution in [3.8, 4) is 0 Å². The van der Waals surface area contributed by atoms with Crippen molar-refractivity contribution in [1.82, 2.24) is 14.7 Å². The van der Waals surface area contributed by atoms with Gasteiger partial charge in [0.1, 0.15) is 5.83 Å². The number of hydrogen-bond donors (Lipinski definition) is 1. The summed E-state index contributed by atoms with van der Waals surface area (Å²) in [5.41, 5.74) is 1.79. The molecule has 1 N–H and O–H groups in total. The fourth-order valence-electron chi connectivity index (χ4n) is 4.24. The van der Waals surface area contributed by atoms with Crippen LogP contribution in [0, 0.1) is 5.92 Å². The molecule has 3 rings (SSSR count). The van der Waals surface area contributed by atoms with Gasteiger partial charge in [-0.15, -0.1) is 0 Å². The minimum Gasteiger partial charge on any atom is -0.389 e. The number of nitrogens with zero attached hydrogens (tertiary/aromatic N) is 3. The van der Waals surface area contributed by atoms with E-state index in [1.165, 1.54) is 25.5 Å². The van der Waals surface area contributed by atoms with Gasteiger partial charge in [0.2, 0.25) is 0 Å². The van der Waals surface area contributed by atoms with Gasteiger partial charge in [0.15, 0.2) is 0 Å². The maximum absolute atomic E-state index is 13.9. The first-order valence-corrected chi connectivity index (χ1v) is 9.87. The van der Waals surface area contributed by atoms with Crippen LogP contribution in [-0.2, 0) is 24.4 Å². The molecule has 1 fully saturated rings. The molecule has 0 amide bonds. The Labute approximate surface area is 165 Å². The Balaban J connectivity index is 1.67. The van der Waals surface area contributed by atoms with Crippen molar-refractivity contribution in [2.45, 2.75) is 78.4 Å². The van der Waals surface area contributed by atoms with Crippen LogP contribution >= 0.6 is 0 Å². The summed E-state index contributed by atoms with van der Waals surface area (Å²) < 4.78 is 35.2. The number of aliphatic hydroxyl groups is 1. The fraction of sp³-hybridized carbons (Fsp3) is 0.667. The standard InChI is InChI=1S/C21H31F2N3O2/c1-13-6-17(11-28-20(13)18(15(3)23)7-14(2)22)25-9-16-8-24-26(19(16)10-25)12-21(4,5)27/h7-8,13,17,20,27H,6,9-12H2,1-5H3. The summed E-state index contributed by atoms with van der Waals surface area (Å²) >= 11 is 0. The van der Waals surface area contributed by atoms with Crippen molar-refractivity contribution in [2.75, 3.05) is 6.61 Å². The lowest BCUT2D eigenvalue weighted by Gasteiger charge is -2.39. The Morgan fingerprint density at radius 3 is 2.64 bits per heavy atom. The quantitative estimate of drug-likeness (QED) is 0.769. The molecule has 1 aromatic heterocycles. The van der Waals surface area contributed by atoms with Crippen LogP contribution < -0.4 is 0 Å². The third kappa shape index (κ3) is 4.70. The molecule has 0 spiro atoms. The van der Waals surface area contributed by atoms with Gasteiger partial charge in [-0.25, -0.2) is 8.78 Å². The molecule has 1 saturated heterocycles. The van der Waals surface area contributed by atoms with E-state index >= 15 is 0 Å². The van der Waals surface area contributed by atoms with Gasteiger partial charge in [0, 0.05) is 30.3 Å². The van der Waals surface area contributed by atoms with Gasteiger partial charge in [-0.1, -0.05) is 6.92 Å². The van der Waals surface area contributed by atoms with Crippen LogP contribution in [0.25, 0.3) is 0 Å². The molecule has 0 bridgehead atoms. The van der Waals surface area contributed by atoms with E-state index in [1.807, 2.05) is 17.8 Å². The van der Waals surface area contributed by atoms with Gasteiger partial charge in [0.25, 0.3) is 0 Å². The molecule has 7 heteroatoms. The topological polar surface area (TPSA) is 50.5 Å². The Morgan fingerprint density at radius 1 is 1.36 bits per heavy atom. The predicted octanol–water partition coefficient (Wildman–Crippen LogP) is 3.88. The Hall–Kier alpha value is -1.57. The van der Waals surface area contributed by atoms with Crippen LogP contribution in [0.1, 0.15) is 52.3 Å². The molecule has 0 saturated carbocycles. The lowest BCUT2D eigenvalue weighted by atomic mass is 9.87. The van der Waals surface area contributed by atoms with Crippen molar-refractivity contribution >= 4 is 0 Å². The molecule has 2 aliphatic heterocycles. The lowest BCUT2D eigenvalue weighted by Crippen LogP contribution is -2.45. The van der Waals surface area contributed by atoms with E-state index in [2.05, 4.69) is 10.00 Å². The lowest BCUT2D eigenvalue weighted by molar-refractivity contribution is -0.0515. The summed E-state index contributed by atoms with van der Waals surface area (Å²) in [5.74, 6) is -0.740. The number of fused-ring (bicyclic) bond motifs is 1. The second-order valence-electron chi connectivity index (χ2n) is 8.83. The van der Waals surface area contributed by atoms with E-state index in [0.717, 1.165) is 25.2 Å². The van der Waals surface area contributed by atoms with Gasteiger partial charge in [-0.05, 0) is 46.1 Å². The smallest absolute Gasteiger partial charge is 0.103 e. The molecule has 2 aliphatic rings. The highest BCUT2D eigenvalue weighted by molar-refractivity contribution is 5.28. The van der Waals surface area contributed by atoms with Crippen LogP contribution in [0.2, 0.25) is 0 Å². The molecule has 3 unspecified atom stereocenters. The van der Waals surface area contributed by atoms with Gasteiger partial charge in [-0.2, -0.15) is 5.10 Å². The van der Waals surface area contributed by atoms with E-state index in [0.29, 0.717) is 18.7 Å². The SMILES string of the molecule is CC(F)=CC(=C(C)F)C1OCC(N2Cc3cnn(CC(C)(C)O)c3C2)CC1C. The minimum atomic E-state index is -0.822. The van der Waals surface area contributed by atoms with Crippen molar-refractivity contribution in [2.24, 2.45) is 5.92 Å². The molecule has 3 atom stereocenters. The first kappa shape index (κ1) is 21.1. The van der Waals surface area contributed by atoms with E-state index in [4.69, 9.17) is 4.74 Å². The van der Waals surface area contributed by atoms with E-state index in [9.17, 15) is 13.9 Å². The maximum atomic E-state index is 13.9. The highest BCUT2D eigenvalue weighted by Gasteiger charge is 2.37. The predicted molar refractivity (Wildman–Crippen MR) is 104 cm³/mol. The summed E-state index contributed by atoms with van der Waals surface area (Å²) in [6, 6.07) is 0.214. The summed E-state index contributed by atoms with van der Waals surface area (Å²) in [6.45, 7) is 10.7. The molecule has 5 nitrogen and oxygen atoms in total. The molecule has 0 aliphatic carbocycles. The zero-order valence-corrected chi connectivity index (χ0v) is 17.4. The highest BCUT2D eigenvalue weighted by Crippen LogP contribution is 2.34. The Morgan fingerprint density at radius 2 is 2.07 bits per heavy atom. The van der Waals surface area contributed by atoms with Crippen LogP contribution in [0.5, 0.6) is 0 Å². The summed E-state index contributed by atoms with van der Waals surface area (Å²) in [5, 5.41) is 14.5. The Bertz CT molecular complexity index is 771. The maximum Gasteiger partial charge on any atom is 0.103 e. The molecule has 3 heterocycles. The molecular weight excluding hydrogens is 364 g/mol. The number of ether oxygens (including phenoxy) is 1. The van der Waals surface area contributed by atoms with Crippen LogP contribution in [0.3, 0.4) is 0 Å². The number of hydrogen-bond acceptors (Lipinski definition) is 4. The normalized spacial score (nSPS) is 27.7. The molecule has 1 aromatic rings. The van der Waals surface area contributed by atoms with Crippen LogP contribution in [0.4, 0.5) is 8.78 Å². The monoisotopic (exact) mass is 395 g/mol. The average molecular weight is 395 g/mol. The number of halogens is 2. The Kier molecular flexibility index (Phi) is 6.08. The molecule has 156 valence electrons. The third-order valence-corrected chi connectivity index (χ3v) is 5.50. The van der Waals surface area contributed by atoms with Crippen molar-refractivity contribution in [1.29, 1.82) is 0 Å². The second kappa shape index (κ2) is 8.05. The number of rotatable bonds is 5. The fourth-order valence-corrected chi connectivity index (χ4v) is 4.24. The zero-order chi connectivity index (χ0) is 20.6. The number of aromatic nitrogens is 2. The van der Waals surface area contributed by atoms with E-state index < -0.39 is 23.4 Å². The first-order valence-electron chi connectivity index (χ1n) is 9.87. The molecular formula is C21H31F2N3O2. The largest absolute Gasteiger partial charge is 0.389 e. The number of allylic oxidation sites excluding steroid dienone is 2. The van der Waals surface area contributed by atoms with Crippen molar-refractivity contribution in [3.05, 3.63) is 40.8 Å². The van der Waals surface area contributed by atoms with Gasteiger partial charge in [0.05, 0.1) is 42.6 Å². The molecule has 0 aromatic carbocycles. The van der Waals surface area contributed by atoms with E-state index in [-0.39, 0.29) is 12.0 Å². The van der Waals surface area contributed by atoms with Gasteiger partial charge in [-0.3, -0.25) is 9.58 Å². The summed E-state index contributed by atoms with van der Waals surface area (Å²) in [6.07, 6.45) is 3.54. The van der Waals surface area contributed by atoms with Gasteiger partial charge < -0.3 is 9.84 Å². The highest BCUT2D eigenvalue weighted by atomic mass is 19.1. The van der Waals surface area contributed by atoms with Crippen LogP contribution in [-0.4, -0.2) is 44.1 Å². The summed E-state index contributed by atoms with van der Waals surface area (Å²) in [7, 11) is 0. The van der Waals surface area contributed by atoms with E-state index in [1.54, 1.807) is 13.8 Å². The van der Waals surface area contributed by atoms with Crippen LogP contribution in [0.15, 0.2) is 29.5 Å². The second-order valence-corrected chi connectivity index (χ2v) is 8.83. The zero-order valence-electron chi connectivity index (χ0n) is 17.4. The third-order valence-electron chi connectivity index (χ3n) is 5.50. The minimum absolute atomic E-state index is 0.0756. The van der Waals surface area contributed by atoms with Crippen molar-refractivity contribution in [3.63, 3.8) is 0 Å².